The molecule has 4 unspecified atom stereocenters. The monoisotopic (exact) mass is 196 g/mol. The second-order valence-corrected chi connectivity index (χ2v) is 4.47. The summed E-state index contributed by atoms with van der Waals surface area (Å²) >= 11 is 0. The Kier molecular flexibility index (Phi) is 2.35. The summed E-state index contributed by atoms with van der Waals surface area (Å²) in [7, 11) is 0. The van der Waals surface area contributed by atoms with Gasteiger partial charge in [0.05, 0.1) is 6.10 Å². The molecule has 0 aromatic rings. The lowest BCUT2D eigenvalue weighted by atomic mass is 9.95. The molecule has 1 N–H and O–H groups in total. The molecule has 2 bridgehead atoms. The largest absolute Gasteiger partial charge is 0.456 e. The number of hydrogen-bond donors (Lipinski definition) is 1. The minimum atomic E-state index is -0.447. The molecule has 2 fully saturated rings. The molecule has 0 spiro atoms. The van der Waals surface area contributed by atoms with Gasteiger partial charge in [0.2, 0.25) is 0 Å². The normalized spacial score (nSPS) is 39.9. The van der Waals surface area contributed by atoms with Crippen LogP contribution in [0.1, 0.15) is 26.2 Å². The van der Waals surface area contributed by atoms with Gasteiger partial charge in [-0.1, -0.05) is 6.58 Å². The number of carbonyl (C=O) groups is 1. The zero-order chi connectivity index (χ0) is 10.3. The smallest absolute Gasteiger partial charge is 0.333 e. The van der Waals surface area contributed by atoms with Crippen LogP contribution >= 0.6 is 0 Å². The number of aliphatic hydroxyl groups is 1. The van der Waals surface area contributed by atoms with E-state index in [9.17, 15) is 9.90 Å². The van der Waals surface area contributed by atoms with Gasteiger partial charge in [-0.05, 0) is 38.0 Å². The summed E-state index contributed by atoms with van der Waals surface area (Å²) in [6.45, 7) is 5.15. The van der Waals surface area contributed by atoms with Crippen molar-refractivity contribution in [3.05, 3.63) is 12.2 Å². The Balaban J connectivity index is 1.99. The summed E-state index contributed by atoms with van der Waals surface area (Å²) in [6.07, 6.45) is 2.44. The van der Waals surface area contributed by atoms with Gasteiger partial charge >= 0.3 is 5.97 Å². The maximum absolute atomic E-state index is 11.3. The van der Waals surface area contributed by atoms with Crippen molar-refractivity contribution < 1.29 is 14.6 Å². The molecule has 2 aliphatic rings. The Hall–Kier alpha value is -0.830. The Labute approximate surface area is 83.8 Å². The number of ether oxygens (including phenoxy) is 1. The highest BCUT2D eigenvalue weighted by Crippen LogP contribution is 2.46. The van der Waals surface area contributed by atoms with E-state index in [0.29, 0.717) is 17.4 Å². The fraction of sp³-hybridized carbons (Fsp3) is 0.727. The van der Waals surface area contributed by atoms with Crippen LogP contribution in [0, 0.1) is 11.8 Å². The van der Waals surface area contributed by atoms with E-state index in [2.05, 4.69) is 6.58 Å². The Bertz CT molecular complexity index is 270. The number of fused-ring (bicyclic) bond motifs is 2. The van der Waals surface area contributed by atoms with E-state index in [4.69, 9.17) is 4.74 Å². The van der Waals surface area contributed by atoms with Crippen LogP contribution in [-0.2, 0) is 9.53 Å². The van der Waals surface area contributed by atoms with E-state index in [1.165, 1.54) is 0 Å². The van der Waals surface area contributed by atoms with Crippen LogP contribution in [0.3, 0.4) is 0 Å². The standard InChI is InChI=1S/C11H16O3/c1-6(2)11(13)14-10-8-4-3-7(5-8)9(10)12/h7-10,12H,1,3-5H2,2H3. The zero-order valence-electron chi connectivity index (χ0n) is 8.40. The molecule has 3 nitrogen and oxygen atoms in total. The van der Waals surface area contributed by atoms with E-state index in [1.807, 2.05) is 0 Å². The summed E-state index contributed by atoms with van der Waals surface area (Å²) < 4.78 is 5.23. The van der Waals surface area contributed by atoms with Gasteiger partial charge in [-0.3, -0.25) is 0 Å². The van der Waals surface area contributed by atoms with E-state index in [0.717, 1.165) is 19.3 Å². The molecule has 2 rings (SSSR count). The van der Waals surface area contributed by atoms with E-state index >= 15 is 0 Å². The van der Waals surface area contributed by atoms with Crippen LogP contribution < -0.4 is 0 Å². The van der Waals surface area contributed by atoms with Crippen molar-refractivity contribution in [3.8, 4) is 0 Å². The van der Waals surface area contributed by atoms with Gasteiger partial charge in [0.25, 0.3) is 0 Å². The molecular formula is C11H16O3. The first-order valence-corrected chi connectivity index (χ1v) is 5.14. The first-order valence-electron chi connectivity index (χ1n) is 5.14. The average molecular weight is 196 g/mol. The van der Waals surface area contributed by atoms with Gasteiger partial charge in [0.15, 0.2) is 0 Å². The third-order valence-corrected chi connectivity index (χ3v) is 3.39. The number of hydrogen-bond acceptors (Lipinski definition) is 3. The van der Waals surface area contributed by atoms with Crippen molar-refractivity contribution in [2.45, 2.75) is 38.4 Å². The molecular weight excluding hydrogens is 180 g/mol. The Morgan fingerprint density at radius 2 is 2.07 bits per heavy atom. The van der Waals surface area contributed by atoms with Gasteiger partial charge < -0.3 is 9.84 Å². The second kappa shape index (κ2) is 3.39. The maximum atomic E-state index is 11.3. The molecule has 0 aromatic heterocycles. The van der Waals surface area contributed by atoms with Crippen molar-refractivity contribution in [1.29, 1.82) is 0 Å². The first kappa shape index (κ1) is 9.71. The lowest BCUT2D eigenvalue weighted by Crippen LogP contribution is -2.36. The van der Waals surface area contributed by atoms with Crippen molar-refractivity contribution in [2.24, 2.45) is 11.8 Å². The summed E-state index contributed by atoms with van der Waals surface area (Å²) in [5.41, 5.74) is 0.403. The summed E-state index contributed by atoms with van der Waals surface area (Å²) in [5, 5.41) is 9.80. The van der Waals surface area contributed by atoms with Crippen LogP contribution in [0.15, 0.2) is 12.2 Å². The topological polar surface area (TPSA) is 46.5 Å². The molecule has 0 heterocycles. The lowest BCUT2D eigenvalue weighted by molar-refractivity contribution is -0.153. The fourth-order valence-electron chi connectivity index (χ4n) is 2.60. The lowest BCUT2D eigenvalue weighted by Gasteiger charge is -2.26. The minimum absolute atomic E-state index is 0.280. The second-order valence-electron chi connectivity index (χ2n) is 4.47. The molecule has 0 aliphatic heterocycles. The van der Waals surface area contributed by atoms with Gasteiger partial charge in [0.1, 0.15) is 6.10 Å². The van der Waals surface area contributed by atoms with Gasteiger partial charge in [0, 0.05) is 5.57 Å². The predicted molar refractivity (Wildman–Crippen MR) is 51.5 cm³/mol. The summed E-state index contributed by atoms with van der Waals surface area (Å²) in [6, 6.07) is 0. The fourth-order valence-corrected chi connectivity index (χ4v) is 2.60. The summed E-state index contributed by atoms with van der Waals surface area (Å²) in [4.78, 5) is 11.3. The van der Waals surface area contributed by atoms with Crippen molar-refractivity contribution in [1.82, 2.24) is 0 Å². The molecule has 4 atom stereocenters. The molecule has 2 saturated carbocycles. The molecule has 0 saturated heterocycles. The molecule has 14 heavy (non-hydrogen) atoms. The van der Waals surface area contributed by atoms with Gasteiger partial charge in [-0.2, -0.15) is 0 Å². The van der Waals surface area contributed by atoms with Crippen LogP contribution in [-0.4, -0.2) is 23.3 Å². The van der Waals surface area contributed by atoms with Crippen molar-refractivity contribution >= 4 is 5.97 Å². The highest BCUT2D eigenvalue weighted by Gasteiger charge is 2.48. The highest BCUT2D eigenvalue weighted by atomic mass is 16.6. The SMILES string of the molecule is C=C(C)C(=O)OC1C2CCC(C2)C1O. The molecule has 0 aromatic carbocycles. The maximum Gasteiger partial charge on any atom is 0.333 e. The highest BCUT2D eigenvalue weighted by molar-refractivity contribution is 5.87. The molecule has 3 heteroatoms. The number of rotatable bonds is 2. The van der Waals surface area contributed by atoms with Crippen molar-refractivity contribution in [2.75, 3.05) is 0 Å². The third kappa shape index (κ3) is 1.46. The van der Waals surface area contributed by atoms with Gasteiger partial charge in [-0.25, -0.2) is 4.79 Å². The van der Waals surface area contributed by atoms with Crippen LogP contribution in [0.4, 0.5) is 0 Å². The Morgan fingerprint density at radius 1 is 1.43 bits per heavy atom. The number of esters is 1. The van der Waals surface area contributed by atoms with Crippen molar-refractivity contribution in [3.63, 3.8) is 0 Å². The molecule has 0 amide bonds. The van der Waals surface area contributed by atoms with E-state index in [1.54, 1.807) is 6.92 Å². The average Bonchev–Trinajstić information content (AvgIpc) is 2.69. The van der Waals surface area contributed by atoms with Crippen LogP contribution in [0.25, 0.3) is 0 Å². The minimum Gasteiger partial charge on any atom is -0.456 e. The van der Waals surface area contributed by atoms with E-state index in [-0.39, 0.29) is 12.1 Å². The number of aliphatic hydroxyl groups excluding tert-OH is 1. The predicted octanol–water partition coefficient (Wildman–Crippen LogP) is 1.27. The Morgan fingerprint density at radius 3 is 2.57 bits per heavy atom. The first-order chi connectivity index (χ1) is 6.59. The quantitative estimate of drug-likeness (QED) is 0.534. The van der Waals surface area contributed by atoms with Crippen LogP contribution in [0.2, 0.25) is 0 Å². The third-order valence-electron chi connectivity index (χ3n) is 3.39. The molecule has 0 radical (unpaired) electrons. The van der Waals surface area contributed by atoms with E-state index < -0.39 is 6.10 Å². The summed E-state index contributed by atoms with van der Waals surface area (Å²) in [5.74, 6) is 0.350. The van der Waals surface area contributed by atoms with Crippen LogP contribution in [0.5, 0.6) is 0 Å². The van der Waals surface area contributed by atoms with Gasteiger partial charge in [-0.15, -0.1) is 0 Å². The number of carbonyl (C=O) groups excluding carboxylic acids is 1. The molecule has 2 aliphatic carbocycles. The zero-order valence-corrected chi connectivity index (χ0v) is 8.40. The molecule has 78 valence electrons.